The minimum Gasteiger partial charge on any atom is -0.497 e. The van der Waals surface area contributed by atoms with Crippen LogP contribution < -0.4 is 20.1 Å². The average molecular weight is 1430 g/mol. The summed E-state index contributed by atoms with van der Waals surface area (Å²) >= 11 is 13.4. The van der Waals surface area contributed by atoms with Crippen molar-refractivity contribution >= 4 is 265 Å². The number of benzene rings is 4. The molecule has 0 aliphatic carbocycles. The van der Waals surface area contributed by atoms with Crippen molar-refractivity contribution in [3.05, 3.63) is 126 Å². The molecule has 0 atom stereocenters. The van der Waals surface area contributed by atoms with E-state index in [4.69, 9.17) is 31.8 Å². The van der Waals surface area contributed by atoms with Gasteiger partial charge in [0.25, 0.3) is 0 Å². The topological polar surface area (TPSA) is 45.8 Å². The van der Waals surface area contributed by atoms with Crippen LogP contribution in [0.25, 0.3) is 0 Å². The molecule has 33 heteroatoms. The number of hydrogen-bond acceptors (Lipinski definition) is 9. The van der Waals surface area contributed by atoms with Gasteiger partial charge in [0.2, 0.25) is 0 Å². The zero-order valence-electron chi connectivity index (χ0n) is 35.4. The molecule has 0 unspecified atom stereocenters. The number of thioether (sulfide) groups is 2. The molecule has 0 spiro atoms. The van der Waals surface area contributed by atoms with E-state index >= 15 is 0 Å². The minimum atomic E-state index is 0.845. The highest BCUT2D eigenvalue weighted by molar-refractivity contribution is 8.79. The molecule has 6 rings (SSSR count). The summed E-state index contributed by atoms with van der Waals surface area (Å²) in [6.45, 7) is 10.1. The number of ether oxygens (including phenoxy) is 2. The Balaban J connectivity index is 0.000000260. The third-order valence-electron chi connectivity index (χ3n) is 7.39. The van der Waals surface area contributed by atoms with Crippen LogP contribution >= 0.6 is 23.5 Å². The Bertz CT molecular complexity index is 3270. The van der Waals surface area contributed by atoms with Crippen molar-refractivity contribution in [1.82, 2.24) is 10.2 Å². The second-order valence-electron chi connectivity index (χ2n) is 11.5. The third-order valence-corrected chi connectivity index (χ3v) is 60.7. The zero-order valence-corrected chi connectivity index (χ0v) is 58.2. The zero-order chi connectivity index (χ0) is 48.5. The highest BCUT2D eigenvalue weighted by Gasteiger charge is 2.17. The van der Waals surface area contributed by atoms with E-state index in [1.54, 1.807) is 139 Å². The van der Waals surface area contributed by atoms with Crippen LogP contribution in [0.2, 0.25) is 0 Å². The molecule has 0 fully saturated rings. The van der Waals surface area contributed by atoms with Gasteiger partial charge in [-0.3, -0.25) is 0 Å². The van der Waals surface area contributed by atoms with E-state index in [-0.39, 0.29) is 0 Å². The molecule has 2 N–H and O–H groups in total. The van der Waals surface area contributed by atoms with Gasteiger partial charge in [0.1, 0.15) is 11.5 Å². The van der Waals surface area contributed by atoms with Crippen LogP contribution in [0.4, 0.5) is 5.69 Å². The largest absolute Gasteiger partial charge is 0.497 e. The lowest BCUT2D eigenvalue weighted by molar-refractivity contribution is 0.362. The molecule has 2 aliphatic heterocycles. The Hall–Kier alpha value is 2.20. The van der Waals surface area contributed by atoms with Crippen molar-refractivity contribution in [3.63, 3.8) is 0 Å². The lowest BCUT2D eigenvalue weighted by Gasteiger charge is -2.26. The Morgan fingerprint density at radius 1 is 0.559 bits per heavy atom. The molecule has 0 aromatic heterocycles. The van der Waals surface area contributed by atoms with Crippen molar-refractivity contribution in [1.29, 1.82) is 0 Å². The Kier molecular flexibility index (Phi) is 43.1. The molecule has 0 saturated carbocycles. The highest BCUT2D eigenvalue weighted by Crippen LogP contribution is 2.32. The average Bonchev–Trinajstić information content (AvgIpc) is 3.75. The van der Waals surface area contributed by atoms with Crippen LogP contribution in [0.15, 0.2) is 119 Å². The molecular formula is C35H41N3O2S28. The molecule has 0 saturated heterocycles. The first-order valence-corrected chi connectivity index (χ1v) is 53.6. The van der Waals surface area contributed by atoms with Crippen LogP contribution in [-0.2, 0) is 249 Å². The van der Waals surface area contributed by atoms with Gasteiger partial charge in [-0.25, -0.2) is 0 Å². The molecule has 4 aromatic carbocycles. The predicted octanol–water partition coefficient (Wildman–Crippen LogP) is 8.01. The van der Waals surface area contributed by atoms with Gasteiger partial charge in [0, 0.05) is 289 Å². The monoisotopic (exact) mass is 1430 g/mol. The van der Waals surface area contributed by atoms with E-state index in [0.717, 1.165) is 60.7 Å². The number of fused-ring (bicyclic) bond motifs is 2. The standard InChI is InChI=1S/C18H20N2OS.C10H13NOS.C7H8.S26/c1-14(19-16-6-4-3-5-7-16)20-10-11-22-18-9-8-17(21-2)12-15(18)13-20;1-12-9-2-3-10-8(6-9)7-11-4-5-13-10;1-7-5-3-2-4-6-7;1-3-5-7-9-11-13-15-17-19-21-23-25-26-24-22-20-18-16-14-12-10-8-6-4-2/h3-9,12,19H,1,10-11,13H2,2H3;2-3,6,11H,4-5,7H2,1H3;2-6H,1H3;. The summed E-state index contributed by atoms with van der Waals surface area (Å²) in [4.78, 5) is 4.99. The lowest BCUT2D eigenvalue weighted by atomic mass is 10.2. The first kappa shape index (κ1) is 64.5. The molecule has 68 heavy (non-hydrogen) atoms. The molecule has 5 nitrogen and oxygen atoms in total. The maximum absolute atomic E-state index is 5.35. The molecule has 0 bridgehead atoms. The lowest BCUT2D eigenvalue weighted by Crippen LogP contribution is -2.27. The summed E-state index contributed by atoms with van der Waals surface area (Å²) in [5.41, 5.74) is 5.03. The molecule has 2 aliphatic rings. The van der Waals surface area contributed by atoms with Gasteiger partial charge in [-0.1, -0.05) is 60.7 Å². The summed E-state index contributed by atoms with van der Waals surface area (Å²) in [5, 5.41) is 6.77. The van der Waals surface area contributed by atoms with E-state index in [0.29, 0.717) is 0 Å². The first-order chi connectivity index (χ1) is 33.5. The number of nitrogens with one attached hydrogen (secondary N) is 2. The number of methoxy groups -OCH3 is 2. The van der Waals surface area contributed by atoms with Crippen molar-refractivity contribution in [2.75, 3.05) is 44.1 Å². The van der Waals surface area contributed by atoms with Gasteiger partial charge in [-0.05, 0) is 66.6 Å². The van der Waals surface area contributed by atoms with Crippen LogP contribution in [0.5, 0.6) is 11.5 Å². The van der Waals surface area contributed by atoms with Crippen molar-refractivity contribution < 1.29 is 9.47 Å². The van der Waals surface area contributed by atoms with Crippen LogP contribution in [0.1, 0.15) is 16.7 Å². The van der Waals surface area contributed by atoms with E-state index in [1.165, 1.54) is 44.2 Å². The van der Waals surface area contributed by atoms with Gasteiger partial charge in [0.15, 0.2) is 0 Å². The van der Waals surface area contributed by atoms with Crippen molar-refractivity contribution in [2.45, 2.75) is 29.8 Å². The van der Waals surface area contributed by atoms with Gasteiger partial charge in [-0.15, -0.1) is 23.5 Å². The summed E-state index contributed by atoms with van der Waals surface area (Å²) in [6.07, 6.45) is 0. The highest BCUT2D eigenvalue weighted by atomic mass is 33.5. The predicted molar refractivity (Wildman–Crippen MR) is 371 cm³/mol. The first-order valence-electron chi connectivity index (χ1n) is 18.3. The minimum absolute atomic E-state index is 0.845. The van der Waals surface area contributed by atoms with E-state index in [1.807, 2.05) is 143 Å². The molecular weight excluding hydrogens is 1390 g/mol. The van der Waals surface area contributed by atoms with E-state index in [2.05, 4.69) is 77.6 Å². The van der Waals surface area contributed by atoms with Crippen molar-refractivity contribution in [2.24, 2.45) is 0 Å². The molecule has 4 aromatic rings. The summed E-state index contributed by atoms with van der Waals surface area (Å²) in [6, 6.07) is 33.0. The molecule has 376 valence electrons. The third kappa shape index (κ3) is 32.6. The van der Waals surface area contributed by atoms with Crippen molar-refractivity contribution in [3.8, 4) is 11.5 Å². The van der Waals surface area contributed by atoms with Crippen LogP contribution in [0.3, 0.4) is 0 Å². The Morgan fingerprint density at radius 2 is 0.971 bits per heavy atom. The molecule has 0 radical (unpaired) electrons. The summed E-state index contributed by atoms with van der Waals surface area (Å²) in [5.74, 6) is 4.99. The maximum atomic E-state index is 5.35. The molecule has 2 heterocycles. The quantitative estimate of drug-likeness (QED) is 0.207. The Labute approximate surface area is 487 Å². The fourth-order valence-electron chi connectivity index (χ4n) is 4.70. The van der Waals surface area contributed by atoms with Crippen LogP contribution in [-0.4, -0.2) is 43.7 Å². The fourth-order valence-corrected chi connectivity index (χ4v) is 67.0. The van der Waals surface area contributed by atoms with E-state index < -0.39 is 0 Å². The number of para-hydroxylation sites is 1. The normalized spacial score (nSPS) is 11.4. The van der Waals surface area contributed by atoms with Gasteiger partial charge in [0.05, 0.1) is 20.0 Å². The second-order valence-corrected chi connectivity index (χ2v) is 56.2. The summed E-state index contributed by atoms with van der Waals surface area (Å²) in [7, 11) is 45.2. The van der Waals surface area contributed by atoms with Crippen LogP contribution in [0, 0.1) is 6.92 Å². The van der Waals surface area contributed by atoms with E-state index in [9.17, 15) is 0 Å². The number of nitrogens with zero attached hydrogens (tertiary/aromatic N) is 1. The maximum Gasteiger partial charge on any atom is 0.119 e. The summed E-state index contributed by atoms with van der Waals surface area (Å²) < 4.78 is 10.5. The smallest absolute Gasteiger partial charge is 0.119 e. The number of rotatable bonds is 5. The fraction of sp³-hybridized carbons (Fsp3) is 0.257. The second kappa shape index (κ2) is 45.4. The number of hydrogen-bond donors (Lipinski definition) is 2. The van der Waals surface area contributed by atoms with Gasteiger partial charge < -0.3 is 25.0 Å². The van der Waals surface area contributed by atoms with Gasteiger partial charge in [-0.2, -0.15) is 0 Å². The number of aryl methyl sites for hydroxylation is 1. The van der Waals surface area contributed by atoms with Gasteiger partial charge >= 0.3 is 0 Å². The SMILES string of the molecule is C=C(Nc1ccccc1)N1CCSc2ccc(OC)cc2C1.COc1ccc2c(c1)CNCCS2.Cc1ccccc1.S=S=S=S=S=S=S=S=S=S=S=S=S=S=S=S=S=S=S=S=S=S=S=S=S=S. The Morgan fingerprint density at radius 3 is 1.40 bits per heavy atom. The number of anilines is 1. The molecule has 0 amide bonds.